The van der Waals surface area contributed by atoms with Crippen LogP contribution in [0.5, 0.6) is 0 Å². The Morgan fingerprint density at radius 2 is 0.800 bits per heavy atom. The van der Waals surface area contributed by atoms with Crippen LogP contribution in [0.3, 0.4) is 0 Å². The molecule has 0 rings (SSSR count). The predicted molar refractivity (Wildman–Crippen MR) is 187 cm³/mol. The number of rotatable bonds is 28. The third kappa shape index (κ3) is 52.9. The van der Waals surface area contributed by atoms with Crippen LogP contribution in [-0.2, 0) is 38.0 Å². The van der Waals surface area contributed by atoms with Gasteiger partial charge < -0.3 is 28.4 Å². The first-order chi connectivity index (χ1) is 21.2. The zero-order valence-corrected chi connectivity index (χ0v) is 31.8. The molecule has 8 nitrogen and oxygen atoms in total. The molecule has 272 valence electrons. The Bertz CT molecular complexity index is 610. The van der Waals surface area contributed by atoms with Gasteiger partial charge in [0, 0.05) is 52.3 Å². The van der Waals surface area contributed by atoms with Crippen LogP contribution in [0.1, 0.15) is 134 Å². The summed E-state index contributed by atoms with van der Waals surface area (Å²) in [5.74, 6) is 2.51. The minimum Gasteiger partial charge on any atom is -0.381 e. The molecule has 0 amide bonds. The molecule has 0 aliphatic carbocycles. The van der Waals surface area contributed by atoms with Crippen LogP contribution < -0.4 is 0 Å². The molecule has 0 atom stereocenters. The van der Waals surface area contributed by atoms with Crippen molar-refractivity contribution in [2.24, 2.45) is 17.8 Å². The monoisotopic (exact) mass is 649 g/mol. The second kappa shape index (κ2) is 35.9. The molecule has 0 heterocycles. The van der Waals surface area contributed by atoms with E-state index in [1.807, 2.05) is 27.7 Å². The highest BCUT2D eigenvalue weighted by molar-refractivity contribution is 5.79. The first-order valence-electron chi connectivity index (χ1n) is 17.8. The maximum Gasteiger partial charge on any atom is 0.158 e. The topological polar surface area (TPSA) is 89.5 Å². The fourth-order valence-corrected chi connectivity index (χ4v) is 3.26. The predicted octanol–water partition coefficient (Wildman–Crippen LogP) is 8.51. The second-order valence-corrected chi connectivity index (χ2v) is 13.6. The summed E-state index contributed by atoms with van der Waals surface area (Å²) in [4.78, 5) is 22.9. The molecule has 0 saturated carbocycles. The molecule has 0 saturated heterocycles. The zero-order valence-electron chi connectivity index (χ0n) is 31.8. The van der Waals surface area contributed by atoms with Gasteiger partial charge in [0.1, 0.15) is 12.4 Å². The molecule has 0 spiro atoms. The van der Waals surface area contributed by atoms with Crippen LogP contribution in [0, 0.1) is 17.8 Å². The summed E-state index contributed by atoms with van der Waals surface area (Å²) in [5.41, 5.74) is 0. The minimum absolute atomic E-state index is 0.158. The van der Waals surface area contributed by atoms with Gasteiger partial charge in [-0.25, -0.2) is 0 Å². The van der Waals surface area contributed by atoms with Gasteiger partial charge in [0.05, 0.1) is 38.1 Å². The van der Waals surface area contributed by atoms with Gasteiger partial charge in [-0.1, -0.05) is 41.5 Å². The highest BCUT2D eigenvalue weighted by Gasteiger charge is 2.04. The lowest BCUT2D eigenvalue weighted by atomic mass is 10.1. The van der Waals surface area contributed by atoms with E-state index in [-0.39, 0.29) is 30.4 Å². The summed E-state index contributed by atoms with van der Waals surface area (Å²) >= 11 is 0. The lowest BCUT2D eigenvalue weighted by Crippen LogP contribution is -2.13. The molecule has 0 N–H and O–H groups in total. The van der Waals surface area contributed by atoms with E-state index in [0.29, 0.717) is 76.8 Å². The third-order valence-corrected chi connectivity index (χ3v) is 6.09. The van der Waals surface area contributed by atoms with Gasteiger partial charge in [-0.15, -0.1) is 0 Å². The van der Waals surface area contributed by atoms with Crippen molar-refractivity contribution in [2.45, 2.75) is 153 Å². The molecule has 0 aromatic rings. The molecular weight excluding hydrogens is 572 g/mol. The Kier molecular flexibility index (Phi) is 38.7. The van der Waals surface area contributed by atoms with Gasteiger partial charge in [-0.05, 0) is 91.4 Å². The molecule has 0 aliphatic rings. The summed E-state index contributed by atoms with van der Waals surface area (Å²) in [6, 6.07) is 0. The van der Waals surface area contributed by atoms with Crippen LogP contribution in [-0.4, -0.2) is 89.3 Å². The van der Waals surface area contributed by atoms with Gasteiger partial charge in [0.15, 0.2) is 5.78 Å². The van der Waals surface area contributed by atoms with Gasteiger partial charge in [0.2, 0.25) is 0 Å². The number of Topliss-reactive ketones (excluding diaryl/α,β-unsaturated/α-hetero) is 2. The molecule has 0 unspecified atom stereocenters. The van der Waals surface area contributed by atoms with Crippen LogP contribution in [0.15, 0.2) is 0 Å². The smallest absolute Gasteiger partial charge is 0.158 e. The molecule has 0 aromatic carbocycles. The number of carbonyl (C=O) groups excluding carboxylic acids is 2. The van der Waals surface area contributed by atoms with E-state index < -0.39 is 0 Å². The number of ether oxygens (including phenoxy) is 6. The molecule has 0 aliphatic heterocycles. The molecule has 45 heavy (non-hydrogen) atoms. The van der Waals surface area contributed by atoms with E-state index >= 15 is 0 Å². The lowest BCUT2D eigenvalue weighted by molar-refractivity contribution is -0.124. The molecule has 0 radical (unpaired) electrons. The zero-order chi connectivity index (χ0) is 34.9. The van der Waals surface area contributed by atoms with Gasteiger partial charge in [-0.3, -0.25) is 9.59 Å². The summed E-state index contributed by atoms with van der Waals surface area (Å²) in [5, 5.41) is 0. The number of carbonyl (C=O) groups is 2. The standard InChI is InChI=1S/C15H30O4.C14H28O3.C8H18O/c1-13(2)7-9-18-12-15(16)6-5-8-17-10-11-19-14(3)4;1-12(2)7-10-16-9-5-6-14(15)8-11-17-13(3)4;1-7(2)5-6-9-8(3)4/h13-14H,5-12H2,1-4H3;12-13H,5-11H2,1-4H3;7-8H,5-6H2,1-4H3. The molecule has 0 bridgehead atoms. The van der Waals surface area contributed by atoms with Crippen LogP contribution in [0.25, 0.3) is 0 Å². The van der Waals surface area contributed by atoms with E-state index in [1.165, 1.54) is 6.42 Å². The highest BCUT2D eigenvalue weighted by Crippen LogP contribution is 2.03. The summed E-state index contributed by atoms with van der Waals surface area (Å²) in [7, 11) is 0. The van der Waals surface area contributed by atoms with Gasteiger partial charge >= 0.3 is 0 Å². The van der Waals surface area contributed by atoms with Gasteiger partial charge in [0.25, 0.3) is 0 Å². The van der Waals surface area contributed by atoms with E-state index in [2.05, 4.69) is 55.4 Å². The van der Waals surface area contributed by atoms with Crippen molar-refractivity contribution < 1.29 is 38.0 Å². The maximum atomic E-state index is 11.5. The Balaban J connectivity index is -0.000000624. The van der Waals surface area contributed by atoms with Crippen LogP contribution >= 0.6 is 0 Å². The average Bonchev–Trinajstić information content (AvgIpc) is 2.92. The third-order valence-electron chi connectivity index (χ3n) is 6.09. The number of ketones is 2. The van der Waals surface area contributed by atoms with Crippen molar-refractivity contribution in [1.29, 1.82) is 0 Å². The van der Waals surface area contributed by atoms with E-state index in [1.54, 1.807) is 0 Å². The summed E-state index contributed by atoms with van der Waals surface area (Å²) in [6.07, 6.45) is 7.40. The Hall–Kier alpha value is -0.900. The van der Waals surface area contributed by atoms with Crippen molar-refractivity contribution in [3.05, 3.63) is 0 Å². The first-order valence-corrected chi connectivity index (χ1v) is 17.8. The summed E-state index contributed by atoms with van der Waals surface area (Å²) in [6.45, 7) is 30.9. The number of hydrogen-bond acceptors (Lipinski definition) is 8. The Morgan fingerprint density at radius 3 is 1.29 bits per heavy atom. The highest BCUT2D eigenvalue weighted by atomic mass is 16.5. The SMILES string of the molecule is CC(C)CCOC(C)C.CC(C)CCOCC(=O)CCCOCCOC(C)C.CC(C)CCOCCCC(=O)CCOC(C)C. The normalized spacial score (nSPS) is 11.4. The van der Waals surface area contributed by atoms with E-state index in [0.717, 1.165) is 44.8 Å². The van der Waals surface area contributed by atoms with Crippen molar-refractivity contribution >= 4 is 11.6 Å². The quantitative estimate of drug-likeness (QED) is 0.0780. The minimum atomic E-state index is 0.158. The maximum absolute atomic E-state index is 11.5. The van der Waals surface area contributed by atoms with E-state index in [4.69, 9.17) is 28.4 Å². The Labute approximate surface area is 279 Å². The lowest BCUT2D eigenvalue weighted by Gasteiger charge is -2.08. The van der Waals surface area contributed by atoms with Crippen molar-refractivity contribution in [3.63, 3.8) is 0 Å². The second-order valence-electron chi connectivity index (χ2n) is 13.6. The van der Waals surface area contributed by atoms with E-state index in [9.17, 15) is 9.59 Å². The molecule has 8 heteroatoms. The largest absolute Gasteiger partial charge is 0.381 e. The van der Waals surface area contributed by atoms with Crippen molar-refractivity contribution in [3.8, 4) is 0 Å². The molecule has 0 aromatic heterocycles. The molecule has 0 fully saturated rings. The van der Waals surface area contributed by atoms with Gasteiger partial charge in [-0.2, -0.15) is 0 Å². The number of hydrogen-bond donors (Lipinski definition) is 0. The van der Waals surface area contributed by atoms with Crippen molar-refractivity contribution in [2.75, 3.05) is 59.5 Å². The van der Waals surface area contributed by atoms with Crippen LogP contribution in [0.4, 0.5) is 0 Å². The van der Waals surface area contributed by atoms with Crippen molar-refractivity contribution in [1.82, 2.24) is 0 Å². The average molecular weight is 649 g/mol. The fourth-order valence-electron chi connectivity index (χ4n) is 3.26. The molecular formula is C37H76O8. The van der Waals surface area contributed by atoms with Crippen LogP contribution in [0.2, 0.25) is 0 Å². The fraction of sp³-hybridized carbons (Fsp3) is 0.946. The first kappa shape index (κ1) is 48.5. The Morgan fingerprint density at radius 1 is 0.400 bits per heavy atom. The summed E-state index contributed by atoms with van der Waals surface area (Å²) < 4.78 is 32.2.